The molecular formula is C24H34ClF3N2O6. The normalized spacial score (nSPS) is 45.6. The number of ether oxygens (including phenoxy) is 3. The Bertz CT molecular complexity index is 858. The fourth-order valence-electron chi connectivity index (χ4n) is 6.71. The van der Waals surface area contributed by atoms with Crippen LogP contribution in [0.25, 0.3) is 0 Å². The van der Waals surface area contributed by atoms with Crippen molar-refractivity contribution in [3.05, 3.63) is 0 Å². The second-order valence-corrected chi connectivity index (χ2v) is 11.8. The van der Waals surface area contributed by atoms with E-state index in [0.29, 0.717) is 57.8 Å². The van der Waals surface area contributed by atoms with Crippen molar-refractivity contribution in [1.82, 2.24) is 10.6 Å². The lowest BCUT2D eigenvalue weighted by molar-refractivity contribution is -0.351. The van der Waals surface area contributed by atoms with Crippen molar-refractivity contribution >= 4 is 23.4 Å². The van der Waals surface area contributed by atoms with Crippen molar-refractivity contribution in [3.63, 3.8) is 0 Å². The molecule has 6 unspecified atom stereocenters. The number of hydrogen-bond acceptors (Lipinski definition) is 6. The van der Waals surface area contributed by atoms with Gasteiger partial charge >= 0.3 is 6.29 Å². The summed E-state index contributed by atoms with van der Waals surface area (Å²) in [7, 11) is 0. The highest BCUT2D eigenvalue weighted by Gasteiger charge is 2.56. The van der Waals surface area contributed by atoms with Crippen molar-refractivity contribution in [1.29, 1.82) is 0 Å². The third kappa shape index (κ3) is 5.36. The molecule has 0 radical (unpaired) electrons. The molecule has 1 saturated heterocycles. The van der Waals surface area contributed by atoms with E-state index in [9.17, 15) is 27.9 Å². The Hall–Kier alpha value is -1.14. The Morgan fingerprint density at radius 1 is 1.00 bits per heavy atom. The number of alkyl halides is 4. The summed E-state index contributed by atoms with van der Waals surface area (Å²) in [6.45, 7) is -0.213. The summed E-state index contributed by atoms with van der Waals surface area (Å²) in [6, 6.07) is 0. The molecule has 204 valence electrons. The van der Waals surface area contributed by atoms with E-state index < -0.39 is 53.2 Å². The van der Waals surface area contributed by atoms with Crippen LogP contribution in [0.15, 0.2) is 0 Å². The summed E-state index contributed by atoms with van der Waals surface area (Å²) in [6.07, 6.45) is -2.85. The number of aliphatic hydroxyl groups is 1. The topological polar surface area (TPSA) is 106 Å². The number of amides is 2. The van der Waals surface area contributed by atoms with Gasteiger partial charge in [0.2, 0.25) is 11.8 Å². The number of rotatable bonds is 6. The Balaban J connectivity index is 1.10. The predicted octanol–water partition coefficient (Wildman–Crippen LogP) is 2.68. The third-order valence-electron chi connectivity index (χ3n) is 8.87. The summed E-state index contributed by atoms with van der Waals surface area (Å²) in [4.78, 5) is 25.7. The van der Waals surface area contributed by atoms with E-state index in [1.807, 2.05) is 0 Å². The Labute approximate surface area is 212 Å². The summed E-state index contributed by atoms with van der Waals surface area (Å²) < 4.78 is 55.5. The smallest absolute Gasteiger partial charge is 0.391 e. The standard InChI is InChI=1S/C24H34ClF3N2O6/c25-15-3-2-14(10-16(15)26)34-12-20(32)29-23-7-5-22(6-8-23,11-19(23)31)30-21(33)13-1-4-17-18(9-13)36-24(27,28)35-17/h13-19,31H,1-12H2,(H,29,32)(H,30,33)/t13?,14?,15?,16?,17?,18?,19-,22?,23?/m0/s1. The summed E-state index contributed by atoms with van der Waals surface area (Å²) in [5.74, 6) is -1.04. The summed E-state index contributed by atoms with van der Waals surface area (Å²) in [5.41, 5.74) is -1.38. The lowest BCUT2D eigenvalue weighted by Gasteiger charge is -2.56. The van der Waals surface area contributed by atoms with E-state index in [1.54, 1.807) is 0 Å². The van der Waals surface area contributed by atoms with Crippen LogP contribution < -0.4 is 10.6 Å². The van der Waals surface area contributed by atoms with Gasteiger partial charge in [0.05, 0.1) is 35.3 Å². The van der Waals surface area contributed by atoms with Gasteiger partial charge in [-0.1, -0.05) is 0 Å². The molecule has 1 heterocycles. The molecule has 2 amide bonds. The van der Waals surface area contributed by atoms with Gasteiger partial charge in [-0.05, 0) is 64.2 Å². The van der Waals surface area contributed by atoms with Gasteiger partial charge in [0.15, 0.2) is 0 Å². The molecule has 12 heteroatoms. The van der Waals surface area contributed by atoms with Crippen LogP contribution in [0.3, 0.4) is 0 Å². The van der Waals surface area contributed by atoms with Crippen LogP contribution in [0, 0.1) is 5.92 Å². The minimum absolute atomic E-state index is 0.167. The molecule has 36 heavy (non-hydrogen) atoms. The first kappa shape index (κ1) is 26.5. The van der Waals surface area contributed by atoms with Gasteiger partial charge < -0.3 is 20.5 Å². The number of carbonyl (C=O) groups is 2. The fraction of sp³-hybridized carbons (Fsp3) is 0.917. The average Bonchev–Trinajstić information content (AvgIpc) is 3.14. The highest BCUT2D eigenvalue weighted by Crippen LogP contribution is 2.48. The average molecular weight is 539 g/mol. The molecule has 1 aliphatic heterocycles. The van der Waals surface area contributed by atoms with Crippen LogP contribution in [-0.4, -0.2) is 76.9 Å². The van der Waals surface area contributed by atoms with Gasteiger partial charge in [0.25, 0.3) is 0 Å². The van der Waals surface area contributed by atoms with Crippen molar-refractivity contribution in [3.8, 4) is 0 Å². The van der Waals surface area contributed by atoms with Gasteiger partial charge in [0, 0.05) is 17.9 Å². The first-order valence-corrected chi connectivity index (χ1v) is 13.4. The molecule has 5 aliphatic carbocycles. The molecule has 0 aromatic rings. The Morgan fingerprint density at radius 2 is 1.72 bits per heavy atom. The molecule has 5 saturated carbocycles. The SMILES string of the molecule is O=C(COC1CCC(Cl)C(F)C1)NC12CCC(NC(=O)C3CCC4OC(F)(F)OC4C3)(CC1)C[C@@H]2O. The maximum absolute atomic E-state index is 13.8. The van der Waals surface area contributed by atoms with E-state index in [1.165, 1.54) is 0 Å². The Morgan fingerprint density at radius 3 is 2.42 bits per heavy atom. The van der Waals surface area contributed by atoms with Crippen molar-refractivity contribution in [2.75, 3.05) is 6.61 Å². The van der Waals surface area contributed by atoms with Crippen LogP contribution in [0.5, 0.6) is 0 Å². The zero-order chi connectivity index (χ0) is 25.7. The molecule has 3 N–H and O–H groups in total. The maximum Gasteiger partial charge on any atom is 0.486 e. The number of hydrogen-bond donors (Lipinski definition) is 3. The van der Waals surface area contributed by atoms with Crippen molar-refractivity contribution < 1.29 is 42.1 Å². The molecule has 6 rings (SSSR count). The van der Waals surface area contributed by atoms with E-state index in [4.69, 9.17) is 16.3 Å². The number of halogens is 4. The van der Waals surface area contributed by atoms with Gasteiger partial charge in [-0.25, -0.2) is 4.39 Å². The molecule has 0 spiro atoms. The first-order valence-electron chi connectivity index (χ1n) is 12.9. The lowest BCUT2D eigenvalue weighted by atomic mass is 9.59. The lowest BCUT2D eigenvalue weighted by Crippen LogP contribution is -2.70. The van der Waals surface area contributed by atoms with Crippen LogP contribution in [0.2, 0.25) is 0 Å². The van der Waals surface area contributed by atoms with Gasteiger partial charge in [0.1, 0.15) is 12.8 Å². The molecule has 2 bridgehead atoms. The fourth-order valence-corrected chi connectivity index (χ4v) is 6.93. The third-order valence-corrected chi connectivity index (χ3v) is 9.36. The van der Waals surface area contributed by atoms with E-state index >= 15 is 0 Å². The predicted molar refractivity (Wildman–Crippen MR) is 121 cm³/mol. The second kappa shape index (κ2) is 9.87. The highest BCUT2D eigenvalue weighted by atomic mass is 35.5. The second-order valence-electron chi connectivity index (χ2n) is 11.3. The minimum atomic E-state index is -3.60. The first-order chi connectivity index (χ1) is 17.0. The van der Waals surface area contributed by atoms with Gasteiger partial charge in [-0.2, -0.15) is 0 Å². The number of carbonyl (C=O) groups excluding carboxylic acids is 2. The van der Waals surface area contributed by atoms with E-state index in [2.05, 4.69) is 20.1 Å². The molecule has 6 fully saturated rings. The molecule has 8 nitrogen and oxygen atoms in total. The van der Waals surface area contributed by atoms with E-state index in [-0.39, 0.29) is 37.4 Å². The highest BCUT2D eigenvalue weighted by molar-refractivity contribution is 6.21. The summed E-state index contributed by atoms with van der Waals surface area (Å²) in [5, 5.41) is 16.5. The molecule has 0 aromatic heterocycles. The number of aliphatic hydroxyl groups excluding tert-OH is 1. The summed E-state index contributed by atoms with van der Waals surface area (Å²) >= 11 is 5.90. The number of fused-ring (bicyclic) bond motifs is 4. The largest absolute Gasteiger partial charge is 0.486 e. The van der Waals surface area contributed by atoms with Gasteiger partial charge in [-0.3, -0.25) is 19.1 Å². The van der Waals surface area contributed by atoms with Gasteiger partial charge in [-0.15, -0.1) is 20.4 Å². The molecule has 7 atom stereocenters. The zero-order valence-electron chi connectivity index (χ0n) is 20.0. The number of nitrogens with one attached hydrogen (secondary N) is 2. The minimum Gasteiger partial charge on any atom is -0.391 e. The zero-order valence-corrected chi connectivity index (χ0v) is 20.8. The van der Waals surface area contributed by atoms with Crippen LogP contribution in [0.4, 0.5) is 13.2 Å². The quantitative estimate of drug-likeness (QED) is 0.449. The van der Waals surface area contributed by atoms with Crippen LogP contribution >= 0.6 is 11.6 Å². The molecular weight excluding hydrogens is 505 g/mol. The maximum atomic E-state index is 13.8. The van der Waals surface area contributed by atoms with E-state index in [0.717, 1.165) is 0 Å². The molecule has 6 aliphatic rings. The monoisotopic (exact) mass is 538 g/mol. The van der Waals surface area contributed by atoms with Crippen molar-refractivity contribution in [2.45, 2.75) is 124 Å². The van der Waals surface area contributed by atoms with Crippen LogP contribution in [-0.2, 0) is 23.8 Å². The van der Waals surface area contributed by atoms with Crippen LogP contribution in [0.1, 0.15) is 70.6 Å². The Kier molecular flexibility index (Phi) is 7.26. The van der Waals surface area contributed by atoms with Crippen molar-refractivity contribution in [2.24, 2.45) is 5.92 Å². The molecule has 0 aromatic carbocycles.